The molecule has 3 N–H and O–H groups in total. The zero-order valence-electron chi connectivity index (χ0n) is 17.0. The molecule has 0 bridgehead atoms. The van der Waals surface area contributed by atoms with Gasteiger partial charge in [-0.05, 0) is 24.6 Å². The van der Waals surface area contributed by atoms with E-state index in [2.05, 4.69) is 15.3 Å². The normalized spacial score (nSPS) is 16.5. The minimum absolute atomic E-state index is 0.0566. The van der Waals surface area contributed by atoms with Gasteiger partial charge in [0.05, 0.1) is 23.0 Å². The van der Waals surface area contributed by atoms with E-state index in [0.29, 0.717) is 23.3 Å². The number of benzene rings is 1. The number of sulfonamides is 1. The number of nitrogens with two attached hydrogens (primary N) is 1. The molecule has 1 aliphatic rings. The zero-order chi connectivity index (χ0) is 22.9. The van der Waals surface area contributed by atoms with Crippen LogP contribution < -0.4 is 15.4 Å². The van der Waals surface area contributed by atoms with Gasteiger partial charge in [0.2, 0.25) is 15.9 Å². The second kappa shape index (κ2) is 8.40. The van der Waals surface area contributed by atoms with Crippen LogP contribution in [0.2, 0.25) is 0 Å². The fourth-order valence-electron chi connectivity index (χ4n) is 3.63. The highest BCUT2D eigenvalue weighted by atomic mass is 32.2. The Hall–Kier alpha value is -3.18. The second-order valence-corrected chi connectivity index (χ2v) is 9.22. The average Bonchev–Trinajstić information content (AvgIpc) is 2.92. The fourth-order valence-corrected chi connectivity index (χ4v) is 4.13. The topological polar surface area (TPSA) is 118 Å². The maximum Gasteiger partial charge on any atom is 0.259 e. The predicted octanol–water partition coefficient (Wildman–Crippen LogP) is 3.16. The minimum Gasteiger partial charge on any atom is -0.356 e. The smallest absolute Gasteiger partial charge is 0.259 e. The Bertz CT molecular complexity index is 1280. The molecular formula is C21H21F2N5O3S. The van der Waals surface area contributed by atoms with E-state index >= 15 is 0 Å². The maximum atomic E-state index is 13.9. The predicted molar refractivity (Wildman–Crippen MR) is 116 cm³/mol. The van der Waals surface area contributed by atoms with Crippen molar-refractivity contribution in [3.8, 4) is 0 Å². The van der Waals surface area contributed by atoms with Gasteiger partial charge >= 0.3 is 0 Å². The first-order valence-corrected chi connectivity index (χ1v) is 11.5. The van der Waals surface area contributed by atoms with Gasteiger partial charge in [-0.3, -0.25) is 9.78 Å². The molecule has 32 heavy (non-hydrogen) atoms. The number of hydrogen-bond acceptors (Lipinski definition) is 6. The van der Waals surface area contributed by atoms with E-state index in [4.69, 9.17) is 5.14 Å². The van der Waals surface area contributed by atoms with E-state index in [1.165, 1.54) is 12.3 Å². The lowest BCUT2D eigenvalue weighted by Crippen LogP contribution is -2.29. The monoisotopic (exact) mass is 461 g/mol. The Morgan fingerprint density at radius 3 is 2.69 bits per heavy atom. The summed E-state index contributed by atoms with van der Waals surface area (Å²) in [6.45, 7) is 0.394. The van der Waals surface area contributed by atoms with Crippen molar-refractivity contribution < 1.29 is 22.0 Å². The molecule has 0 spiro atoms. The number of primary sulfonamides is 1. The van der Waals surface area contributed by atoms with Crippen LogP contribution in [0.15, 0.2) is 53.7 Å². The van der Waals surface area contributed by atoms with Crippen LogP contribution >= 0.6 is 0 Å². The number of alkyl halides is 2. The van der Waals surface area contributed by atoms with E-state index in [0.717, 1.165) is 6.20 Å². The molecule has 0 aliphatic carbocycles. The third-order valence-corrected chi connectivity index (χ3v) is 6.15. The number of pyridine rings is 2. The van der Waals surface area contributed by atoms with E-state index < -0.39 is 21.9 Å². The molecular weight excluding hydrogens is 440 g/mol. The number of carbonyl (C=O) groups excluding carboxylic acids is 1. The summed E-state index contributed by atoms with van der Waals surface area (Å²) in [5.74, 6) is -3.02. The third kappa shape index (κ3) is 4.83. The van der Waals surface area contributed by atoms with Crippen LogP contribution in [0.1, 0.15) is 29.6 Å². The Labute approximate surface area is 183 Å². The molecule has 0 atom stereocenters. The quantitative estimate of drug-likeness (QED) is 0.616. The van der Waals surface area contributed by atoms with Crippen molar-refractivity contribution in [2.75, 3.05) is 23.3 Å². The number of hydrogen-bond donors (Lipinski definition) is 2. The summed E-state index contributed by atoms with van der Waals surface area (Å²) in [5.41, 5.74) is 0.950. The molecule has 0 radical (unpaired) electrons. The standard InChI is InChI=1S/C21H21F2N5O3S/c22-21(23)6-3-8-28(9-7-21)19-17(10-14-4-1-2-5-18(14)27-19)20(29)26-15-11-16(13-25-12-15)32(24,30)31/h1-2,4-5,10-13H,3,6-9H2,(H,26,29)(H2,24,30,31). The van der Waals surface area contributed by atoms with Gasteiger partial charge in [0.1, 0.15) is 10.7 Å². The first kappa shape index (κ1) is 22.0. The summed E-state index contributed by atoms with van der Waals surface area (Å²) < 4.78 is 50.9. The van der Waals surface area contributed by atoms with E-state index in [1.54, 1.807) is 35.2 Å². The lowest BCUT2D eigenvalue weighted by atomic mass is 10.1. The van der Waals surface area contributed by atoms with Crippen LogP contribution in [0.25, 0.3) is 10.9 Å². The SMILES string of the molecule is NS(=O)(=O)c1cncc(NC(=O)c2cc3ccccc3nc2N2CCCC(F)(F)CC2)c1. The van der Waals surface area contributed by atoms with Crippen molar-refractivity contribution in [1.82, 2.24) is 9.97 Å². The number of anilines is 2. The Balaban J connectivity index is 1.72. The maximum absolute atomic E-state index is 13.9. The van der Waals surface area contributed by atoms with Gasteiger partial charge in [0.25, 0.3) is 5.91 Å². The summed E-state index contributed by atoms with van der Waals surface area (Å²) in [6, 6.07) is 10.0. The first-order valence-electron chi connectivity index (χ1n) is 9.94. The number of carbonyl (C=O) groups is 1. The summed E-state index contributed by atoms with van der Waals surface area (Å²) in [6.07, 6.45) is 2.08. The highest BCUT2D eigenvalue weighted by Gasteiger charge is 2.33. The van der Waals surface area contributed by atoms with Crippen LogP contribution in [0.5, 0.6) is 0 Å². The van der Waals surface area contributed by atoms with Gasteiger partial charge in [-0.2, -0.15) is 0 Å². The Kier molecular flexibility index (Phi) is 5.78. The molecule has 0 unspecified atom stereocenters. The van der Waals surface area contributed by atoms with Gasteiger partial charge in [-0.1, -0.05) is 18.2 Å². The molecule has 2 aromatic heterocycles. The largest absolute Gasteiger partial charge is 0.356 e. The molecule has 1 aliphatic heterocycles. The molecule has 1 fully saturated rings. The molecule has 1 saturated heterocycles. The molecule has 3 heterocycles. The minimum atomic E-state index is -4.00. The summed E-state index contributed by atoms with van der Waals surface area (Å²) in [7, 11) is -4.00. The van der Waals surface area contributed by atoms with E-state index in [1.807, 2.05) is 0 Å². The summed E-state index contributed by atoms with van der Waals surface area (Å²) >= 11 is 0. The Morgan fingerprint density at radius 1 is 1.12 bits per heavy atom. The highest BCUT2D eigenvalue weighted by Crippen LogP contribution is 2.32. The highest BCUT2D eigenvalue weighted by molar-refractivity contribution is 7.89. The molecule has 1 aromatic carbocycles. The first-order chi connectivity index (χ1) is 15.1. The van der Waals surface area contributed by atoms with Crippen LogP contribution in [-0.4, -0.2) is 43.3 Å². The summed E-state index contributed by atoms with van der Waals surface area (Å²) in [5, 5.41) is 8.45. The third-order valence-electron chi connectivity index (χ3n) is 5.27. The lowest BCUT2D eigenvalue weighted by Gasteiger charge is -2.24. The van der Waals surface area contributed by atoms with Gasteiger partial charge in [-0.25, -0.2) is 27.3 Å². The van der Waals surface area contributed by atoms with E-state index in [9.17, 15) is 22.0 Å². The number of fused-ring (bicyclic) bond motifs is 1. The number of aromatic nitrogens is 2. The van der Waals surface area contributed by atoms with Crippen molar-refractivity contribution in [3.05, 3.63) is 54.4 Å². The number of para-hydroxylation sites is 1. The van der Waals surface area contributed by atoms with Crippen molar-refractivity contribution in [2.45, 2.75) is 30.1 Å². The van der Waals surface area contributed by atoms with Gasteiger partial charge in [-0.15, -0.1) is 0 Å². The molecule has 8 nitrogen and oxygen atoms in total. The summed E-state index contributed by atoms with van der Waals surface area (Å²) in [4.78, 5) is 23.0. The molecule has 168 valence electrons. The van der Waals surface area contributed by atoms with Crippen molar-refractivity contribution in [2.24, 2.45) is 5.14 Å². The molecule has 0 saturated carbocycles. The Morgan fingerprint density at radius 2 is 1.91 bits per heavy atom. The molecule has 3 aromatic rings. The van der Waals surface area contributed by atoms with Gasteiger partial charge in [0.15, 0.2) is 0 Å². The van der Waals surface area contributed by atoms with Crippen molar-refractivity contribution in [1.29, 1.82) is 0 Å². The second-order valence-electron chi connectivity index (χ2n) is 7.66. The van der Waals surface area contributed by atoms with E-state index in [-0.39, 0.29) is 42.0 Å². The molecule has 4 rings (SSSR count). The fraction of sp³-hybridized carbons (Fsp3) is 0.286. The zero-order valence-corrected chi connectivity index (χ0v) is 17.8. The van der Waals surface area contributed by atoms with Crippen LogP contribution in [0, 0.1) is 0 Å². The van der Waals surface area contributed by atoms with Gasteiger partial charge in [0, 0.05) is 37.5 Å². The number of rotatable bonds is 4. The number of nitrogens with zero attached hydrogens (tertiary/aromatic N) is 3. The lowest BCUT2D eigenvalue weighted by molar-refractivity contribution is -0.0102. The average molecular weight is 461 g/mol. The number of nitrogens with one attached hydrogen (secondary N) is 1. The molecule has 1 amide bonds. The van der Waals surface area contributed by atoms with Crippen LogP contribution in [0.4, 0.5) is 20.3 Å². The van der Waals surface area contributed by atoms with Crippen molar-refractivity contribution >= 4 is 38.3 Å². The van der Waals surface area contributed by atoms with Gasteiger partial charge < -0.3 is 10.2 Å². The molecule has 11 heteroatoms. The number of amides is 1. The van der Waals surface area contributed by atoms with Crippen LogP contribution in [0.3, 0.4) is 0 Å². The van der Waals surface area contributed by atoms with Crippen LogP contribution in [-0.2, 0) is 10.0 Å². The van der Waals surface area contributed by atoms with Crippen molar-refractivity contribution in [3.63, 3.8) is 0 Å². The number of halogens is 2.